The molecule has 386 valence electrons. The molecule has 0 bridgehead atoms. The van der Waals surface area contributed by atoms with Crippen LogP contribution in [-0.2, 0) is 35.0 Å². The van der Waals surface area contributed by atoms with E-state index in [1.165, 1.54) is 12.0 Å². The Balaban J connectivity index is 0.885. The molecule has 4 amide bonds. The molecule has 3 aromatic carbocycles. The number of nitrogens with one attached hydrogen (secondary N) is 3. The summed E-state index contributed by atoms with van der Waals surface area (Å²) in [4.78, 5) is 77.4. The number of anilines is 2. The zero-order chi connectivity index (χ0) is 50.9. The third-order valence-electron chi connectivity index (χ3n) is 13.2. The number of ether oxygens (including phenoxy) is 4. The number of pyridine rings is 1. The Bertz CT molecular complexity index is 2470. The number of rotatable bonds is 23. The number of benzene rings is 3. The maximum absolute atomic E-state index is 14.1. The van der Waals surface area contributed by atoms with Gasteiger partial charge in [-0.3, -0.25) is 33.9 Å². The highest BCUT2D eigenvalue weighted by molar-refractivity contribution is 6.08. The molecule has 3 heterocycles. The van der Waals surface area contributed by atoms with E-state index in [1.807, 2.05) is 51.1 Å². The van der Waals surface area contributed by atoms with Gasteiger partial charge in [0, 0.05) is 73.9 Å². The zero-order valence-electron chi connectivity index (χ0n) is 42.5. The van der Waals surface area contributed by atoms with E-state index >= 15 is 0 Å². The minimum absolute atomic E-state index is 0.0667. The molecule has 2 atom stereocenters. The number of aromatic nitrogens is 1. The SMILES string of the molecule is CN(CCN1CCC[C@H]1C(=O)NCCOCCOCCOCCC(=O)OC(C)(C)C)C(=O)c1cccc(C(=O)Nc2ccc(N3CCCCC3)cc2-c2cc(C(=O)N[C@H]3CCCc4ccccc43)ccn2)c1. The molecule has 0 saturated carbocycles. The molecule has 3 N–H and O–H groups in total. The number of aryl methyl sites for hydroxylation is 1. The van der Waals surface area contributed by atoms with E-state index < -0.39 is 5.60 Å². The summed E-state index contributed by atoms with van der Waals surface area (Å²) in [6.45, 7) is 11.5. The van der Waals surface area contributed by atoms with Crippen molar-refractivity contribution in [2.24, 2.45) is 0 Å². The van der Waals surface area contributed by atoms with E-state index in [0.29, 0.717) is 86.3 Å². The zero-order valence-corrected chi connectivity index (χ0v) is 42.5. The van der Waals surface area contributed by atoms with Gasteiger partial charge in [0.1, 0.15) is 5.60 Å². The topological polar surface area (TPSA) is 181 Å². The van der Waals surface area contributed by atoms with Crippen LogP contribution in [0.3, 0.4) is 0 Å². The number of hydrogen-bond acceptors (Lipinski definition) is 12. The fourth-order valence-corrected chi connectivity index (χ4v) is 9.50. The summed E-state index contributed by atoms with van der Waals surface area (Å²) in [6, 6.07) is 24.1. The molecule has 3 aliphatic rings. The summed E-state index contributed by atoms with van der Waals surface area (Å²) in [7, 11) is 1.73. The van der Waals surface area contributed by atoms with Crippen molar-refractivity contribution < 1.29 is 42.9 Å². The van der Waals surface area contributed by atoms with Gasteiger partial charge >= 0.3 is 5.97 Å². The van der Waals surface area contributed by atoms with E-state index in [0.717, 1.165) is 75.8 Å². The van der Waals surface area contributed by atoms with E-state index in [2.05, 4.69) is 37.9 Å². The predicted molar refractivity (Wildman–Crippen MR) is 277 cm³/mol. The van der Waals surface area contributed by atoms with Gasteiger partial charge in [0.25, 0.3) is 17.7 Å². The second kappa shape index (κ2) is 26.5. The van der Waals surface area contributed by atoms with Crippen LogP contribution >= 0.6 is 0 Å². The molecule has 16 nitrogen and oxygen atoms in total. The number of carbonyl (C=O) groups is 5. The van der Waals surface area contributed by atoms with Gasteiger partial charge in [-0.25, -0.2) is 0 Å². The number of nitrogens with zero attached hydrogens (tertiary/aromatic N) is 4. The van der Waals surface area contributed by atoms with E-state index in [4.69, 9.17) is 23.9 Å². The molecule has 2 fully saturated rings. The summed E-state index contributed by atoms with van der Waals surface area (Å²) in [5.41, 5.74) is 5.90. The molecular formula is C56H73N7O9. The normalized spacial score (nSPS) is 16.9. The minimum Gasteiger partial charge on any atom is -0.460 e. The average Bonchev–Trinajstić information content (AvgIpc) is 3.87. The van der Waals surface area contributed by atoms with Crippen LogP contribution in [0.1, 0.15) is 120 Å². The van der Waals surface area contributed by atoms with Crippen molar-refractivity contribution in [1.82, 2.24) is 25.4 Å². The Morgan fingerprint density at radius 3 is 2.26 bits per heavy atom. The number of carbonyl (C=O) groups excluding carboxylic acids is 5. The number of piperidine rings is 1. The largest absolute Gasteiger partial charge is 0.460 e. The van der Waals surface area contributed by atoms with E-state index in [-0.39, 0.29) is 54.7 Å². The number of likely N-dealkylation sites (N-methyl/N-ethyl adjacent to an activating group) is 1. The Kier molecular flexibility index (Phi) is 19.7. The highest BCUT2D eigenvalue weighted by Gasteiger charge is 2.31. The maximum atomic E-state index is 14.1. The van der Waals surface area contributed by atoms with Gasteiger partial charge < -0.3 is 44.7 Å². The van der Waals surface area contributed by atoms with Crippen molar-refractivity contribution in [2.45, 2.75) is 96.2 Å². The van der Waals surface area contributed by atoms with Gasteiger partial charge in [-0.05, 0) is 138 Å². The Morgan fingerprint density at radius 1 is 0.736 bits per heavy atom. The summed E-state index contributed by atoms with van der Waals surface area (Å²) in [5.74, 6) is -1.16. The van der Waals surface area contributed by atoms with Crippen molar-refractivity contribution in [3.05, 3.63) is 113 Å². The average molecular weight is 988 g/mol. The number of likely N-dealkylation sites (tertiary alicyclic amines) is 1. The van der Waals surface area contributed by atoms with Gasteiger partial charge in [-0.2, -0.15) is 0 Å². The Hall–Kier alpha value is -6.20. The fourth-order valence-electron chi connectivity index (χ4n) is 9.50. The van der Waals surface area contributed by atoms with Crippen LogP contribution in [0.4, 0.5) is 11.4 Å². The molecule has 0 radical (unpaired) electrons. The molecule has 0 spiro atoms. The van der Waals surface area contributed by atoms with Crippen LogP contribution in [0.25, 0.3) is 11.3 Å². The lowest BCUT2D eigenvalue weighted by Gasteiger charge is -2.29. The lowest BCUT2D eigenvalue weighted by atomic mass is 9.87. The van der Waals surface area contributed by atoms with Gasteiger partial charge in [0.15, 0.2) is 0 Å². The standard InChI is InChI=1S/C56H73N7O9/c1-56(2,3)72-51(64)23-31-69-33-35-71-36-34-70-32-25-58-54(67)50-19-12-28-63(50)30-29-61(4)55(68)43-16-10-15-41(37-43)52(65)60-48-21-20-44(62-26-8-5-9-27-62)39-46(48)49-38-42(22-24-57-49)53(66)59-47-18-11-14-40-13-6-7-17-45(40)47/h6-7,10,13,15-17,20-22,24,37-39,47,50H,5,8-9,11-12,14,18-19,23,25-36H2,1-4H3,(H,58,67)(H,59,66)(H,60,65)/t47-,50-/m0/s1. The van der Waals surface area contributed by atoms with Crippen LogP contribution in [0.15, 0.2) is 85.1 Å². The third-order valence-corrected chi connectivity index (χ3v) is 13.2. The van der Waals surface area contributed by atoms with Crippen LogP contribution in [0, 0.1) is 0 Å². The second-order valence-electron chi connectivity index (χ2n) is 19.7. The monoisotopic (exact) mass is 988 g/mol. The first kappa shape index (κ1) is 53.6. The predicted octanol–water partition coefficient (Wildman–Crippen LogP) is 7.23. The van der Waals surface area contributed by atoms with Gasteiger partial charge in [-0.15, -0.1) is 0 Å². The first-order valence-corrected chi connectivity index (χ1v) is 25.7. The number of fused-ring (bicyclic) bond motifs is 1. The summed E-state index contributed by atoms with van der Waals surface area (Å²) in [6.07, 6.45) is 9.70. The first-order chi connectivity index (χ1) is 34.8. The van der Waals surface area contributed by atoms with Crippen LogP contribution in [0.5, 0.6) is 0 Å². The highest BCUT2D eigenvalue weighted by Crippen LogP contribution is 2.34. The highest BCUT2D eigenvalue weighted by atomic mass is 16.6. The minimum atomic E-state index is -0.514. The van der Waals surface area contributed by atoms with Crippen molar-refractivity contribution in [3.63, 3.8) is 0 Å². The molecule has 7 rings (SSSR count). The van der Waals surface area contributed by atoms with Crippen LogP contribution in [0.2, 0.25) is 0 Å². The Labute approximate surface area is 424 Å². The van der Waals surface area contributed by atoms with E-state index in [9.17, 15) is 24.0 Å². The lowest BCUT2D eigenvalue weighted by Crippen LogP contribution is -2.46. The molecular weight excluding hydrogens is 915 g/mol. The van der Waals surface area contributed by atoms with Crippen molar-refractivity contribution in [3.8, 4) is 11.3 Å². The summed E-state index contributed by atoms with van der Waals surface area (Å²) in [5, 5.41) is 9.35. The second-order valence-corrected chi connectivity index (χ2v) is 19.7. The molecule has 72 heavy (non-hydrogen) atoms. The molecule has 0 unspecified atom stereocenters. The quantitative estimate of drug-likeness (QED) is 0.0502. The number of hydrogen-bond donors (Lipinski definition) is 3. The van der Waals surface area contributed by atoms with Crippen molar-refractivity contribution in [1.29, 1.82) is 0 Å². The number of amides is 4. The van der Waals surface area contributed by atoms with Crippen LogP contribution < -0.4 is 20.9 Å². The van der Waals surface area contributed by atoms with Crippen LogP contribution in [-0.4, -0.2) is 142 Å². The molecule has 16 heteroatoms. The maximum Gasteiger partial charge on any atom is 0.308 e. The van der Waals surface area contributed by atoms with Gasteiger partial charge in [0.05, 0.1) is 69.5 Å². The fraction of sp³-hybridized carbons (Fsp3) is 0.500. The third kappa shape index (κ3) is 15.6. The van der Waals surface area contributed by atoms with E-state index in [1.54, 1.807) is 54.5 Å². The first-order valence-electron chi connectivity index (χ1n) is 25.7. The summed E-state index contributed by atoms with van der Waals surface area (Å²) < 4.78 is 21.8. The number of esters is 1. The van der Waals surface area contributed by atoms with Gasteiger partial charge in [0.2, 0.25) is 5.91 Å². The smallest absolute Gasteiger partial charge is 0.308 e. The van der Waals surface area contributed by atoms with Gasteiger partial charge in [-0.1, -0.05) is 30.3 Å². The lowest BCUT2D eigenvalue weighted by molar-refractivity contribution is -0.156. The molecule has 1 aromatic heterocycles. The molecule has 4 aromatic rings. The molecule has 2 saturated heterocycles. The summed E-state index contributed by atoms with van der Waals surface area (Å²) >= 11 is 0. The molecule has 2 aliphatic heterocycles. The Morgan fingerprint density at radius 2 is 1.47 bits per heavy atom. The molecule has 1 aliphatic carbocycles. The van der Waals surface area contributed by atoms with Crippen molar-refractivity contribution >= 4 is 41.0 Å². The van der Waals surface area contributed by atoms with Crippen molar-refractivity contribution in [2.75, 3.05) is 96.2 Å².